The van der Waals surface area contributed by atoms with Crippen molar-refractivity contribution in [1.29, 1.82) is 5.26 Å². The first kappa shape index (κ1) is 16.4. The van der Waals surface area contributed by atoms with Crippen molar-refractivity contribution < 1.29 is 0 Å². The van der Waals surface area contributed by atoms with Crippen LogP contribution in [0.5, 0.6) is 0 Å². The summed E-state index contributed by atoms with van der Waals surface area (Å²) >= 11 is 0. The summed E-state index contributed by atoms with van der Waals surface area (Å²) in [5, 5.41) is 9.48. The van der Waals surface area contributed by atoms with Crippen LogP contribution in [0.2, 0.25) is 0 Å². The summed E-state index contributed by atoms with van der Waals surface area (Å²) in [5.74, 6) is 0. The van der Waals surface area contributed by atoms with Gasteiger partial charge >= 0.3 is 0 Å². The molecule has 5 heteroatoms. The Kier molecular flexibility index (Phi) is 4.50. The topological polar surface area (TPSA) is 78.8 Å². The van der Waals surface area contributed by atoms with Gasteiger partial charge in [0.05, 0.1) is 11.4 Å². The molecule has 3 heterocycles. The van der Waals surface area contributed by atoms with E-state index in [4.69, 9.17) is 5.73 Å². The van der Waals surface area contributed by atoms with E-state index < -0.39 is 5.66 Å². The Labute approximate surface area is 143 Å². The third kappa shape index (κ3) is 3.10. The zero-order valence-corrected chi connectivity index (χ0v) is 14.3. The van der Waals surface area contributed by atoms with Gasteiger partial charge in [-0.05, 0) is 62.4 Å². The van der Waals surface area contributed by atoms with E-state index >= 15 is 0 Å². The van der Waals surface area contributed by atoms with Gasteiger partial charge in [0.2, 0.25) is 0 Å². The maximum Gasteiger partial charge on any atom is 0.164 e. The summed E-state index contributed by atoms with van der Waals surface area (Å²) in [6, 6.07) is 8.28. The summed E-state index contributed by atoms with van der Waals surface area (Å²) in [4.78, 5) is 10.7. The van der Waals surface area contributed by atoms with Crippen molar-refractivity contribution in [1.82, 2.24) is 9.97 Å². The molecule has 0 aromatic carbocycles. The fraction of sp³-hybridized carbons (Fsp3) is 0.421. The summed E-state index contributed by atoms with van der Waals surface area (Å²) in [5.41, 5.74) is 10.9. The Morgan fingerprint density at radius 3 is 2.79 bits per heavy atom. The van der Waals surface area contributed by atoms with Gasteiger partial charge in [-0.2, -0.15) is 5.26 Å². The molecular formula is C19H23N5. The highest BCUT2D eigenvalue weighted by Crippen LogP contribution is 2.35. The zero-order chi connectivity index (χ0) is 17.2. The Hall–Kier alpha value is -2.45. The van der Waals surface area contributed by atoms with Crippen LogP contribution in [0.1, 0.15) is 41.8 Å². The molecule has 1 saturated heterocycles. The molecule has 5 nitrogen and oxygen atoms in total. The van der Waals surface area contributed by atoms with Gasteiger partial charge in [-0.15, -0.1) is 0 Å². The number of anilines is 1. The molecule has 2 N–H and O–H groups in total. The number of nitrogens with zero attached hydrogens (tertiary/aromatic N) is 4. The molecule has 1 aliphatic heterocycles. The number of nitriles is 1. The number of nitrogens with two attached hydrogens (primary N) is 1. The third-order valence-electron chi connectivity index (χ3n) is 4.75. The summed E-state index contributed by atoms with van der Waals surface area (Å²) in [6.07, 6.45) is 7.32. The van der Waals surface area contributed by atoms with Crippen LogP contribution in [0, 0.1) is 25.2 Å². The monoisotopic (exact) mass is 321 g/mol. The normalized spacial score (nSPS) is 20.7. The second-order valence-corrected chi connectivity index (χ2v) is 6.63. The van der Waals surface area contributed by atoms with Crippen LogP contribution >= 0.6 is 0 Å². The fourth-order valence-electron chi connectivity index (χ4n) is 3.62. The number of aryl methyl sites for hydroxylation is 2. The van der Waals surface area contributed by atoms with Gasteiger partial charge in [-0.3, -0.25) is 4.98 Å². The van der Waals surface area contributed by atoms with E-state index in [0.29, 0.717) is 5.69 Å². The lowest BCUT2D eigenvalue weighted by Gasteiger charge is -2.47. The van der Waals surface area contributed by atoms with Crippen molar-refractivity contribution in [3.63, 3.8) is 0 Å². The number of hydrogen-bond donors (Lipinski definition) is 1. The number of piperidine rings is 1. The minimum absolute atomic E-state index is 0.456. The van der Waals surface area contributed by atoms with Gasteiger partial charge < -0.3 is 10.6 Å². The molecule has 2 aromatic rings. The van der Waals surface area contributed by atoms with Crippen molar-refractivity contribution in [2.24, 2.45) is 5.73 Å². The van der Waals surface area contributed by atoms with Crippen LogP contribution < -0.4 is 10.6 Å². The molecule has 3 rings (SSSR count). The Morgan fingerprint density at radius 2 is 2.04 bits per heavy atom. The van der Waals surface area contributed by atoms with Gasteiger partial charge in [-0.25, -0.2) is 4.98 Å². The minimum atomic E-state index is -0.508. The van der Waals surface area contributed by atoms with E-state index in [0.717, 1.165) is 49.2 Å². The largest absolute Gasteiger partial charge is 0.351 e. The lowest BCUT2D eigenvalue weighted by molar-refractivity contribution is 0.313. The number of aromatic nitrogens is 2. The highest BCUT2D eigenvalue weighted by Gasteiger charge is 2.37. The van der Waals surface area contributed by atoms with Gasteiger partial charge in [0, 0.05) is 31.1 Å². The van der Waals surface area contributed by atoms with Gasteiger partial charge in [0.25, 0.3) is 0 Å². The molecular weight excluding hydrogens is 298 g/mol. The first-order valence-electron chi connectivity index (χ1n) is 8.37. The van der Waals surface area contributed by atoms with E-state index in [2.05, 4.69) is 27.0 Å². The molecule has 124 valence electrons. The van der Waals surface area contributed by atoms with Gasteiger partial charge in [0.1, 0.15) is 6.07 Å². The van der Waals surface area contributed by atoms with Crippen LogP contribution in [-0.4, -0.2) is 22.2 Å². The molecule has 0 spiro atoms. The SMILES string of the molecule is Cc1cc(CC2(N)CCCCN2c2c(C)ccnc2C#N)ccn1. The van der Waals surface area contributed by atoms with E-state index in [1.54, 1.807) is 6.20 Å². The van der Waals surface area contributed by atoms with Crippen LogP contribution in [0.15, 0.2) is 30.6 Å². The first-order valence-corrected chi connectivity index (χ1v) is 8.37. The second kappa shape index (κ2) is 6.58. The van der Waals surface area contributed by atoms with E-state index in [1.165, 1.54) is 5.56 Å². The molecule has 0 saturated carbocycles. The predicted octanol–water partition coefficient (Wildman–Crippen LogP) is 2.85. The molecule has 0 aliphatic carbocycles. The van der Waals surface area contributed by atoms with Crippen LogP contribution in [0.3, 0.4) is 0 Å². The van der Waals surface area contributed by atoms with Crippen molar-refractivity contribution in [2.75, 3.05) is 11.4 Å². The number of hydrogen-bond acceptors (Lipinski definition) is 5. The van der Waals surface area contributed by atoms with Crippen molar-refractivity contribution in [3.8, 4) is 6.07 Å². The van der Waals surface area contributed by atoms with Crippen molar-refractivity contribution >= 4 is 5.69 Å². The lowest BCUT2D eigenvalue weighted by atomic mass is 9.88. The zero-order valence-electron chi connectivity index (χ0n) is 14.3. The molecule has 1 aliphatic rings. The van der Waals surface area contributed by atoms with Crippen molar-refractivity contribution in [2.45, 2.75) is 45.2 Å². The Morgan fingerprint density at radius 1 is 1.25 bits per heavy atom. The predicted molar refractivity (Wildman–Crippen MR) is 94.5 cm³/mol. The third-order valence-corrected chi connectivity index (χ3v) is 4.75. The lowest BCUT2D eigenvalue weighted by Crippen LogP contribution is -2.60. The number of pyridine rings is 2. The van der Waals surface area contributed by atoms with Crippen molar-refractivity contribution in [3.05, 3.63) is 53.1 Å². The second-order valence-electron chi connectivity index (χ2n) is 6.63. The van der Waals surface area contributed by atoms with Crippen LogP contribution in [0.4, 0.5) is 5.69 Å². The van der Waals surface area contributed by atoms with Crippen LogP contribution in [-0.2, 0) is 6.42 Å². The molecule has 1 unspecified atom stereocenters. The average Bonchev–Trinajstić information content (AvgIpc) is 2.55. The molecule has 0 amide bonds. The minimum Gasteiger partial charge on any atom is -0.351 e. The summed E-state index contributed by atoms with van der Waals surface area (Å²) in [7, 11) is 0. The average molecular weight is 321 g/mol. The maximum absolute atomic E-state index is 9.48. The standard InChI is InChI=1S/C19H23N5/c1-14-5-8-23-17(13-20)18(14)24-10-4-3-7-19(24,21)12-16-6-9-22-15(2)11-16/h5-6,8-9,11H,3-4,7,10,12,21H2,1-2H3. The van der Waals surface area contributed by atoms with Crippen LogP contribution in [0.25, 0.3) is 0 Å². The van der Waals surface area contributed by atoms with Gasteiger partial charge in [0.15, 0.2) is 5.69 Å². The molecule has 2 aromatic heterocycles. The summed E-state index contributed by atoms with van der Waals surface area (Å²) < 4.78 is 0. The summed E-state index contributed by atoms with van der Waals surface area (Å²) in [6.45, 7) is 4.86. The van der Waals surface area contributed by atoms with E-state index in [9.17, 15) is 5.26 Å². The molecule has 1 fully saturated rings. The van der Waals surface area contributed by atoms with Gasteiger partial charge in [-0.1, -0.05) is 0 Å². The highest BCUT2D eigenvalue weighted by molar-refractivity contribution is 5.63. The quantitative estimate of drug-likeness (QED) is 0.940. The smallest absolute Gasteiger partial charge is 0.164 e. The maximum atomic E-state index is 9.48. The first-order chi connectivity index (χ1) is 11.5. The molecule has 1 atom stereocenters. The Balaban J connectivity index is 2.01. The molecule has 0 bridgehead atoms. The number of rotatable bonds is 3. The molecule has 24 heavy (non-hydrogen) atoms. The van der Waals surface area contributed by atoms with E-state index in [1.807, 2.05) is 32.2 Å². The fourth-order valence-corrected chi connectivity index (χ4v) is 3.62. The highest BCUT2D eigenvalue weighted by atomic mass is 15.3. The molecule has 0 radical (unpaired) electrons. The Bertz CT molecular complexity index is 780. The van der Waals surface area contributed by atoms with E-state index in [-0.39, 0.29) is 0 Å².